The summed E-state index contributed by atoms with van der Waals surface area (Å²) in [4.78, 5) is 14.2. The molecule has 1 aromatic carbocycles. The van der Waals surface area contributed by atoms with E-state index in [0.29, 0.717) is 42.6 Å². The largest absolute Gasteiger partial charge is 0.486 e. The van der Waals surface area contributed by atoms with Crippen molar-refractivity contribution in [1.29, 1.82) is 0 Å². The lowest BCUT2D eigenvalue weighted by molar-refractivity contribution is 0.0693. The van der Waals surface area contributed by atoms with E-state index in [4.69, 9.17) is 14.0 Å². The highest BCUT2D eigenvalue weighted by Crippen LogP contribution is 2.31. The number of carbonyl (C=O) groups excluding carboxylic acids is 1. The third-order valence-corrected chi connectivity index (χ3v) is 3.93. The molecular formula is C17H21N3O4. The molecule has 2 heterocycles. The number of rotatable bonds is 4. The summed E-state index contributed by atoms with van der Waals surface area (Å²) in [5.74, 6) is 2.02. The number of anilines is 1. The molecular weight excluding hydrogens is 310 g/mol. The molecule has 1 unspecified atom stereocenters. The number of benzene rings is 1. The summed E-state index contributed by atoms with van der Waals surface area (Å²) in [7, 11) is 0. The number of fused-ring (bicyclic) bond motifs is 1. The molecule has 128 valence electrons. The zero-order chi connectivity index (χ0) is 17.1. The van der Waals surface area contributed by atoms with Crippen molar-refractivity contribution in [2.24, 2.45) is 0 Å². The van der Waals surface area contributed by atoms with E-state index in [1.54, 1.807) is 18.7 Å². The summed E-state index contributed by atoms with van der Waals surface area (Å²) < 4.78 is 16.7. The van der Waals surface area contributed by atoms with Crippen LogP contribution in [0.15, 0.2) is 28.8 Å². The van der Waals surface area contributed by atoms with Crippen molar-refractivity contribution in [1.82, 2.24) is 10.1 Å². The van der Waals surface area contributed by atoms with E-state index in [1.165, 1.54) is 0 Å². The topological polar surface area (TPSA) is 76.8 Å². The van der Waals surface area contributed by atoms with Gasteiger partial charge in [-0.05, 0) is 32.9 Å². The third kappa shape index (κ3) is 3.29. The van der Waals surface area contributed by atoms with Crippen molar-refractivity contribution >= 4 is 11.7 Å². The van der Waals surface area contributed by atoms with Gasteiger partial charge in [0.05, 0.1) is 6.54 Å². The van der Waals surface area contributed by atoms with Crippen LogP contribution >= 0.6 is 0 Å². The average Bonchev–Trinajstić information content (AvgIpc) is 2.91. The molecule has 0 aliphatic carbocycles. The number of amides is 2. The summed E-state index contributed by atoms with van der Waals surface area (Å²) in [6.45, 7) is 6.87. The molecule has 1 N–H and O–H groups in total. The molecule has 0 bridgehead atoms. The summed E-state index contributed by atoms with van der Waals surface area (Å²) in [5.41, 5.74) is 1.27. The Hall–Kier alpha value is -2.70. The van der Waals surface area contributed by atoms with Crippen molar-refractivity contribution in [3.05, 3.63) is 35.7 Å². The molecule has 7 heteroatoms. The van der Waals surface area contributed by atoms with Gasteiger partial charge in [0, 0.05) is 6.54 Å². The van der Waals surface area contributed by atoms with Gasteiger partial charge >= 0.3 is 6.03 Å². The Kier molecular flexibility index (Phi) is 4.59. The van der Waals surface area contributed by atoms with E-state index < -0.39 is 0 Å². The van der Waals surface area contributed by atoms with Crippen molar-refractivity contribution in [3.63, 3.8) is 0 Å². The predicted octanol–water partition coefficient (Wildman–Crippen LogP) is 2.99. The number of ether oxygens (including phenoxy) is 2. The minimum atomic E-state index is -0.214. The van der Waals surface area contributed by atoms with Crippen LogP contribution in [-0.2, 0) is 0 Å². The minimum absolute atomic E-state index is 0.213. The van der Waals surface area contributed by atoms with Crippen LogP contribution in [0.3, 0.4) is 0 Å². The highest BCUT2D eigenvalue weighted by atomic mass is 16.6. The summed E-state index contributed by atoms with van der Waals surface area (Å²) in [6.07, 6.45) is -0.213. The monoisotopic (exact) mass is 331 g/mol. The van der Waals surface area contributed by atoms with Crippen molar-refractivity contribution in [2.75, 3.05) is 25.0 Å². The number of nitrogens with one attached hydrogen (secondary N) is 1. The Morgan fingerprint density at radius 1 is 1.33 bits per heavy atom. The fraction of sp³-hybridized carbons (Fsp3) is 0.412. The number of aryl methyl sites for hydroxylation is 2. The van der Waals surface area contributed by atoms with Gasteiger partial charge in [-0.2, -0.15) is 0 Å². The molecule has 24 heavy (non-hydrogen) atoms. The van der Waals surface area contributed by atoms with Crippen molar-refractivity contribution < 1.29 is 18.8 Å². The zero-order valence-corrected chi connectivity index (χ0v) is 14.0. The first-order valence-corrected chi connectivity index (χ1v) is 7.95. The van der Waals surface area contributed by atoms with Gasteiger partial charge in [-0.25, -0.2) is 4.79 Å². The third-order valence-electron chi connectivity index (χ3n) is 3.93. The Morgan fingerprint density at radius 3 is 2.75 bits per heavy atom. The quantitative estimate of drug-likeness (QED) is 0.932. The summed E-state index contributed by atoms with van der Waals surface area (Å²) >= 11 is 0. The maximum atomic E-state index is 12.5. The first-order valence-electron chi connectivity index (χ1n) is 7.95. The van der Waals surface area contributed by atoms with E-state index in [1.807, 2.05) is 31.2 Å². The average molecular weight is 331 g/mol. The number of urea groups is 1. The van der Waals surface area contributed by atoms with Crippen LogP contribution in [-0.4, -0.2) is 41.9 Å². The van der Waals surface area contributed by atoms with Crippen LogP contribution < -0.4 is 14.8 Å². The van der Waals surface area contributed by atoms with Gasteiger partial charge in [0.25, 0.3) is 0 Å². The molecule has 0 saturated heterocycles. The number of likely N-dealkylation sites (N-methyl/N-ethyl adjacent to an activating group) is 1. The molecule has 0 radical (unpaired) electrons. The second-order valence-corrected chi connectivity index (χ2v) is 5.67. The highest BCUT2D eigenvalue weighted by Gasteiger charge is 2.25. The zero-order valence-electron chi connectivity index (χ0n) is 14.0. The molecule has 1 aliphatic rings. The van der Waals surface area contributed by atoms with E-state index in [-0.39, 0.29) is 12.1 Å². The highest BCUT2D eigenvalue weighted by molar-refractivity contribution is 5.90. The maximum Gasteiger partial charge on any atom is 0.322 e. The standard InChI is InChI=1S/C17H21N3O4/c1-4-20(17(21)18-16-11(2)19-24-12(16)3)9-13-10-22-14-7-5-6-8-15(14)23-13/h5-8,13H,4,9-10H2,1-3H3,(H,18,21). The first kappa shape index (κ1) is 16.2. The second kappa shape index (κ2) is 6.82. The van der Waals surface area contributed by atoms with Gasteiger partial charge in [-0.1, -0.05) is 17.3 Å². The fourth-order valence-electron chi connectivity index (χ4n) is 2.60. The number of hydrogen-bond acceptors (Lipinski definition) is 5. The Balaban J connectivity index is 1.64. The fourth-order valence-corrected chi connectivity index (χ4v) is 2.60. The van der Waals surface area contributed by atoms with Gasteiger partial charge in [0.1, 0.15) is 18.0 Å². The van der Waals surface area contributed by atoms with Crippen molar-refractivity contribution in [3.8, 4) is 11.5 Å². The molecule has 1 aliphatic heterocycles. The second-order valence-electron chi connectivity index (χ2n) is 5.67. The lowest BCUT2D eigenvalue weighted by Gasteiger charge is -2.30. The summed E-state index contributed by atoms with van der Waals surface area (Å²) in [6, 6.07) is 7.31. The first-order chi connectivity index (χ1) is 11.6. The minimum Gasteiger partial charge on any atom is -0.486 e. The van der Waals surface area contributed by atoms with Crippen LogP contribution in [0.2, 0.25) is 0 Å². The van der Waals surface area contributed by atoms with E-state index >= 15 is 0 Å². The molecule has 1 atom stereocenters. The lowest BCUT2D eigenvalue weighted by Crippen LogP contribution is -2.45. The molecule has 7 nitrogen and oxygen atoms in total. The van der Waals surface area contributed by atoms with E-state index in [2.05, 4.69) is 10.5 Å². The SMILES string of the molecule is CCN(CC1COc2ccccc2O1)C(=O)Nc1c(C)noc1C. The van der Waals surface area contributed by atoms with Crippen LogP contribution in [0, 0.1) is 13.8 Å². The Morgan fingerprint density at radius 2 is 2.08 bits per heavy atom. The lowest BCUT2D eigenvalue weighted by atomic mass is 10.2. The Bertz CT molecular complexity index is 709. The molecule has 0 saturated carbocycles. The number of aromatic nitrogens is 1. The van der Waals surface area contributed by atoms with Gasteiger partial charge in [-0.3, -0.25) is 0 Å². The molecule has 3 rings (SSSR count). The van der Waals surface area contributed by atoms with Gasteiger partial charge in [-0.15, -0.1) is 0 Å². The maximum absolute atomic E-state index is 12.5. The number of carbonyl (C=O) groups is 1. The van der Waals surface area contributed by atoms with Crippen LogP contribution in [0.4, 0.5) is 10.5 Å². The molecule has 2 amide bonds. The van der Waals surface area contributed by atoms with Crippen molar-refractivity contribution in [2.45, 2.75) is 26.9 Å². The van der Waals surface area contributed by atoms with Crippen LogP contribution in [0.5, 0.6) is 11.5 Å². The normalized spacial score (nSPS) is 15.9. The van der Waals surface area contributed by atoms with Crippen LogP contribution in [0.1, 0.15) is 18.4 Å². The summed E-state index contributed by atoms with van der Waals surface area (Å²) in [5, 5.41) is 6.69. The van der Waals surface area contributed by atoms with E-state index in [0.717, 1.165) is 5.75 Å². The van der Waals surface area contributed by atoms with Gasteiger partial charge in [0.2, 0.25) is 0 Å². The molecule has 2 aromatic rings. The predicted molar refractivity (Wildman–Crippen MR) is 88.6 cm³/mol. The van der Waals surface area contributed by atoms with E-state index in [9.17, 15) is 4.79 Å². The number of hydrogen-bond donors (Lipinski definition) is 1. The number of nitrogens with zero attached hydrogens (tertiary/aromatic N) is 2. The van der Waals surface area contributed by atoms with Gasteiger partial charge in [0.15, 0.2) is 23.4 Å². The molecule has 0 spiro atoms. The Labute approximate surface area is 140 Å². The number of para-hydroxylation sites is 2. The van der Waals surface area contributed by atoms with Gasteiger partial charge < -0.3 is 24.2 Å². The van der Waals surface area contributed by atoms with Crippen LogP contribution in [0.25, 0.3) is 0 Å². The molecule has 0 fully saturated rings. The smallest absolute Gasteiger partial charge is 0.322 e. The molecule has 1 aromatic heterocycles.